The molecular weight excluding hydrogens is 442 g/mol. The Morgan fingerprint density at radius 2 is 1.41 bits per heavy atom. The molecule has 0 aliphatic rings. The highest BCUT2D eigenvalue weighted by Gasteiger charge is 1.93. The largest absolute Gasteiger partial charge is 0.507 e. The second-order valence-corrected chi connectivity index (χ2v) is 5.73. The topological polar surface area (TPSA) is 40.5 Å². The van der Waals surface area contributed by atoms with E-state index in [0.29, 0.717) is 11.5 Å². The number of hydrogen-bond acceptors (Lipinski definition) is 2. The van der Waals surface area contributed by atoms with Crippen LogP contribution in [0.4, 0.5) is 0 Å². The lowest BCUT2D eigenvalue weighted by Gasteiger charge is -1.95. The molecule has 0 aliphatic carbocycles. The fourth-order valence-electron chi connectivity index (χ4n) is 1.06. The highest BCUT2D eigenvalue weighted by Crippen LogP contribution is 2.19. The van der Waals surface area contributed by atoms with Crippen molar-refractivity contribution in [1.29, 1.82) is 0 Å². The van der Waals surface area contributed by atoms with Crippen molar-refractivity contribution in [2.75, 3.05) is 0 Å². The van der Waals surface area contributed by atoms with E-state index >= 15 is 0 Å². The average Bonchev–Trinajstić information content (AvgIpc) is 2.29. The molecule has 0 spiro atoms. The first-order chi connectivity index (χ1) is 8.00. The summed E-state index contributed by atoms with van der Waals surface area (Å²) in [7, 11) is 0. The van der Waals surface area contributed by atoms with Crippen LogP contribution in [0.25, 0.3) is 0 Å². The maximum Gasteiger partial charge on any atom is 0.128 e. The van der Waals surface area contributed by atoms with E-state index in [1.54, 1.807) is 18.2 Å². The summed E-state index contributed by atoms with van der Waals surface area (Å²) in [5.74, 6) is 0.717. The van der Waals surface area contributed by atoms with Gasteiger partial charge < -0.3 is 10.2 Å². The second-order valence-electron chi connectivity index (χ2n) is 3.41. The number of para-hydroxylation sites is 1. The van der Waals surface area contributed by atoms with Gasteiger partial charge in [0.25, 0.3) is 0 Å². The molecule has 2 nitrogen and oxygen atoms in total. The molecule has 0 amide bonds. The molecule has 0 atom stereocenters. The number of hydrogen-bond donors (Lipinski definition) is 2. The fourth-order valence-corrected chi connectivity index (χ4v) is 2.12. The number of phenolic OH excluding ortho intramolecular Hbond substituents is 2. The number of phenols is 2. The van der Waals surface area contributed by atoms with Crippen molar-refractivity contribution in [3.63, 3.8) is 0 Å². The predicted molar refractivity (Wildman–Crippen MR) is 86.4 cm³/mol. The number of aryl methyl sites for hydroxylation is 1. The molecular formula is C13H12I2O2. The highest BCUT2D eigenvalue weighted by molar-refractivity contribution is 14.1. The zero-order valence-corrected chi connectivity index (χ0v) is 13.5. The first kappa shape index (κ1) is 14.6. The molecule has 0 saturated heterocycles. The summed E-state index contributed by atoms with van der Waals surface area (Å²) in [6.07, 6.45) is 0. The number of halogens is 2. The van der Waals surface area contributed by atoms with Gasteiger partial charge in [0.1, 0.15) is 11.5 Å². The summed E-state index contributed by atoms with van der Waals surface area (Å²) in [6.45, 7) is 2.00. The Bertz CT molecular complexity index is 478. The van der Waals surface area contributed by atoms with Crippen LogP contribution < -0.4 is 0 Å². The zero-order valence-electron chi connectivity index (χ0n) is 9.19. The molecule has 2 aromatic rings. The molecule has 0 aromatic heterocycles. The van der Waals surface area contributed by atoms with Crippen LogP contribution in [0.2, 0.25) is 0 Å². The van der Waals surface area contributed by atoms with Crippen LogP contribution in [0.3, 0.4) is 0 Å². The van der Waals surface area contributed by atoms with Crippen LogP contribution in [0.15, 0.2) is 42.5 Å². The minimum atomic E-state index is 0.355. The van der Waals surface area contributed by atoms with Crippen LogP contribution in [0.1, 0.15) is 5.56 Å². The van der Waals surface area contributed by atoms with E-state index < -0.39 is 0 Å². The normalized spacial score (nSPS) is 9.35. The van der Waals surface area contributed by atoms with Crippen molar-refractivity contribution in [3.8, 4) is 11.5 Å². The second kappa shape index (κ2) is 7.05. The first-order valence-corrected chi connectivity index (χ1v) is 7.05. The summed E-state index contributed by atoms with van der Waals surface area (Å²) in [4.78, 5) is 0. The van der Waals surface area contributed by atoms with Crippen molar-refractivity contribution in [2.24, 2.45) is 0 Å². The van der Waals surface area contributed by atoms with E-state index in [9.17, 15) is 0 Å². The summed E-state index contributed by atoms with van der Waals surface area (Å²) in [5, 5.41) is 17.9. The smallest absolute Gasteiger partial charge is 0.128 e. The van der Waals surface area contributed by atoms with Gasteiger partial charge in [-0.3, -0.25) is 0 Å². The monoisotopic (exact) mass is 454 g/mol. The van der Waals surface area contributed by atoms with Gasteiger partial charge >= 0.3 is 0 Å². The summed E-state index contributed by atoms with van der Waals surface area (Å²) in [5.41, 5.74) is 1.18. The Kier molecular flexibility index (Phi) is 6.04. The van der Waals surface area contributed by atoms with Crippen molar-refractivity contribution < 1.29 is 10.2 Å². The number of benzene rings is 2. The van der Waals surface area contributed by atoms with Gasteiger partial charge in [0.05, 0.1) is 7.14 Å². The number of rotatable bonds is 0. The van der Waals surface area contributed by atoms with Gasteiger partial charge in [0.2, 0.25) is 0 Å². The standard InChI is InChI=1S/C7H7IO.C6H5IO/c1-5-2-3-7(9)6(8)4-5;7-5-3-1-2-4-6(5)8/h2-4,9H,1H3;1-4,8H. The SMILES string of the molecule is Cc1ccc(O)c(I)c1.Oc1ccccc1I. The minimum Gasteiger partial charge on any atom is -0.507 e. The maximum absolute atomic E-state index is 9.04. The lowest BCUT2D eigenvalue weighted by atomic mass is 10.2. The third-order valence-electron chi connectivity index (χ3n) is 1.96. The van der Waals surface area contributed by atoms with Gasteiger partial charge in [-0.05, 0) is 81.9 Å². The molecule has 0 unspecified atom stereocenters. The fraction of sp³-hybridized carbons (Fsp3) is 0.0769. The molecule has 17 heavy (non-hydrogen) atoms. The van der Waals surface area contributed by atoms with Crippen LogP contribution in [-0.2, 0) is 0 Å². The van der Waals surface area contributed by atoms with Crippen LogP contribution in [-0.4, -0.2) is 10.2 Å². The Morgan fingerprint density at radius 3 is 1.82 bits per heavy atom. The van der Waals surface area contributed by atoms with Gasteiger partial charge in [-0.1, -0.05) is 18.2 Å². The first-order valence-electron chi connectivity index (χ1n) is 4.89. The maximum atomic E-state index is 9.04. The van der Waals surface area contributed by atoms with Crippen molar-refractivity contribution in [2.45, 2.75) is 6.92 Å². The minimum absolute atomic E-state index is 0.355. The molecule has 2 rings (SSSR count). The lowest BCUT2D eigenvalue weighted by Crippen LogP contribution is -1.74. The Balaban J connectivity index is 0.000000171. The summed E-state index contributed by atoms with van der Waals surface area (Å²) >= 11 is 4.17. The van der Waals surface area contributed by atoms with E-state index in [0.717, 1.165) is 7.14 Å². The van der Waals surface area contributed by atoms with Crippen molar-refractivity contribution >= 4 is 45.2 Å². The molecule has 4 heteroatoms. The van der Waals surface area contributed by atoms with E-state index in [-0.39, 0.29) is 0 Å². The van der Waals surface area contributed by atoms with Gasteiger partial charge in [-0.25, -0.2) is 0 Å². The van der Waals surface area contributed by atoms with Crippen LogP contribution in [0, 0.1) is 14.1 Å². The van der Waals surface area contributed by atoms with Gasteiger partial charge in [-0.15, -0.1) is 0 Å². The molecule has 0 heterocycles. The zero-order chi connectivity index (χ0) is 12.8. The van der Waals surface area contributed by atoms with E-state index in [1.165, 1.54) is 5.56 Å². The van der Waals surface area contributed by atoms with Crippen molar-refractivity contribution in [3.05, 3.63) is 55.2 Å². The van der Waals surface area contributed by atoms with Gasteiger partial charge in [0, 0.05) is 0 Å². The molecule has 2 aromatic carbocycles. The predicted octanol–water partition coefficient (Wildman–Crippen LogP) is 4.30. The summed E-state index contributed by atoms with van der Waals surface area (Å²) < 4.78 is 1.80. The molecule has 90 valence electrons. The molecule has 2 N–H and O–H groups in total. The van der Waals surface area contributed by atoms with Gasteiger partial charge in [-0.2, -0.15) is 0 Å². The van der Waals surface area contributed by atoms with Crippen LogP contribution in [0.5, 0.6) is 11.5 Å². The molecule has 0 fully saturated rings. The third kappa shape index (κ3) is 5.12. The quantitative estimate of drug-likeness (QED) is 0.584. The van der Waals surface area contributed by atoms with E-state index in [1.807, 2.05) is 31.2 Å². The summed E-state index contributed by atoms with van der Waals surface area (Å²) in [6, 6.07) is 12.8. The average molecular weight is 454 g/mol. The molecule has 0 bridgehead atoms. The van der Waals surface area contributed by atoms with Crippen molar-refractivity contribution in [1.82, 2.24) is 0 Å². The Morgan fingerprint density at radius 1 is 0.824 bits per heavy atom. The molecule has 0 radical (unpaired) electrons. The lowest BCUT2D eigenvalue weighted by molar-refractivity contribution is 0.471. The van der Waals surface area contributed by atoms with Crippen LogP contribution >= 0.6 is 45.2 Å². The third-order valence-corrected chi connectivity index (χ3v) is 3.73. The highest BCUT2D eigenvalue weighted by atomic mass is 127. The number of aromatic hydroxyl groups is 2. The Hall–Kier alpha value is -0.500. The molecule has 0 aliphatic heterocycles. The van der Waals surface area contributed by atoms with Gasteiger partial charge in [0.15, 0.2) is 0 Å². The Labute approximate surface area is 128 Å². The molecule has 0 saturated carbocycles. The van der Waals surface area contributed by atoms with E-state index in [2.05, 4.69) is 45.2 Å². The van der Waals surface area contributed by atoms with E-state index in [4.69, 9.17) is 10.2 Å².